The molecule has 1 amide bonds. The van der Waals surface area contributed by atoms with Crippen LogP contribution >= 0.6 is 0 Å². The Morgan fingerprint density at radius 1 is 1.35 bits per heavy atom. The molecular weight excluding hydrogens is 295 g/mol. The molecule has 128 valence electrons. The third-order valence-corrected chi connectivity index (χ3v) is 3.99. The zero-order valence-electron chi connectivity index (χ0n) is 14.1. The molecule has 0 unspecified atom stereocenters. The normalized spacial score (nSPS) is 15.8. The molecule has 1 saturated heterocycles. The second kappa shape index (κ2) is 8.99. The maximum atomic E-state index is 13.4. The van der Waals surface area contributed by atoms with Crippen LogP contribution in [0, 0.1) is 11.7 Å². The van der Waals surface area contributed by atoms with E-state index in [2.05, 4.69) is 4.90 Å². The quantitative estimate of drug-likeness (QED) is 0.773. The maximum absolute atomic E-state index is 13.4. The van der Waals surface area contributed by atoms with Crippen molar-refractivity contribution in [2.45, 2.75) is 26.8 Å². The van der Waals surface area contributed by atoms with Gasteiger partial charge in [-0.15, -0.1) is 0 Å². The first-order chi connectivity index (χ1) is 11.0. The van der Waals surface area contributed by atoms with E-state index in [9.17, 15) is 9.18 Å². The van der Waals surface area contributed by atoms with Crippen molar-refractivity contribution in [1.82, 2.24) is 9.80 Å². The summed E-state index contributed by atoms with van der Waals surface area (Å²) < 4.78 is 18.7. The Labute approximate surface area is 138 Å². The molecule has 0 N–H and O–H groups in total. The monoisotopic (exact) mass is 322 g/mol. The Bertz CT molecular complexity index is 502. The fourth-order valence-corrected chi connectivity index (χ4v) is 2.71. The number of ether oxygens (including phenoxy) is 1. The van der Waals surface area contributed by atoms with Crippen LogP contribution in [0.3, 0.4) is 0 Å². The highest BCUT2D eigenvalue weighted by molar-refractivity contribution is 5.76. The molecular formula is C18H27FN2O2. The van der Waals surface area contributed by atoms with Gasteiger partial charge < -0.3 is 9.64 Å². The number of amides is 1. The van der Waals surface area contributed by atoms with E-state index >= 15 is 0 Å². The van der Waals surface area contributed by atoms with Gasteiger partial charge in [0.15, 0.2) is 0 Å². The lowest BCUT2D eigenvalue weighted by atomic mass is 10.1. The van der Waals surface area contributed by atoms with Gasteiger partial charge in [-0.2, -0.15) is 0 Å². The molecule has 0 saturated carbocycles. The Morgan fingerprint density at radius 2 is 2.09 bits per heavy atom. The summed E-state index contributed by atoms with van der Waals surface area (Å²) >= 11 is 0. The van der Waals surface area contributed by atoms with Crippen LogP contribution in [0.5, 0.6) is 0 Å². The molecule has 0 aliphatic carbocycles. The Hall–Kier alpha value is -1.46. The third kappa shape index (κ3) is 6.28. The molecule has 0 radical (unpaired) electrons. The maximum Gasteiger partial charge on any atom is 0.223 e. The van der Waals surface area contributed by atoms with Crippen LogP contribution in [0.15, 0.2) is 24.3 Å². The predicted molar refractivity (Wildman–Crippen MR) is 88.5 cm³/mol. The zero-order chi connectivity index (χ0) is 16.7. The number of hydrogen-bond acceptors (Lipinski definition) is 3. The van der Waals surface area contributed by atoms with Crippen molar-refractivity contribution in [2.75, 3.05) is 39.4 Å². The van der Waals surface area contributed by atoms with E-state index in [0.717, 1.165) is 38.4 Å². The first kappa shape index (κ1) is 17.9. The fourth-order valence-electron chi connectivity index (χ4n) is 2.71. The Balaban J connectivity index is 1.97. The van der Waals surface area contributed by atoms with E-state index in [-0.39, 0.29) is 11.7 Å². The summed E-state index contributed by atoms with van der Waals surface area (Å²) in [6.45, 7) is 9.38. The molecule has 4 nitrogen and oxygen atoms in total. The van der Waals surface area contributed by atoms with Crippen molar-refractivity contribution in [2.24, 2.45) is 5.92 Å². The SMILES string of the molecule is CC(C)CC(=O)N(CCN1CCOCC1)Cc1cccc(F)c1. The number of carbonyl (C=O) groups is 1. The predicted octanol–water partition coefficient (Wildman–Crippen LogP) is 2.53. The Morgan fingerprint density at radius 3 is 2.74 bits per heavy atom. The molecule has 2 rings (SSSR count). The van der Waals surface area contributed by atoms with Crippen LogP contribution < -0.4 is 0 Å². The first-order valence-corrected chi connectivity index (χ1v) is 8.37. The first-order valence-electron chi connectivity index (χ1n) is 8.37. The van der Waals surface area contributed by atoms with Crippen LogP contribution in [-0.4, -0.2) is 55.1 Å². The van der Waals surface area contributed by atoms with E-state index in [0.29, 0.717) is 25.4 Å². The smallest absolute Gasteiger partial charge is 0.223 e. The minimum atomic E-state index is -0.257. The average Bonchev–Trinajstić information content (AvgIpc) is 2.51. The molecule has 1 aromatic carbocycles. The number of rotatable bonds is 7. The second-order valence-electron chi connectivity index (χ2n) is 6.50. The zero-order valence-corrected chi connectivity index (χ0v) is 14.1. The Kier molecular flexibility index (Phi) is 6.99. The van der Waals surface area contributed by atoms with Crippen molar-refractivity contribution in [3.8, 4) is 0 Å². The van der Waals surface area contributed by atoms with Crippen molar-refractivity contribution in [3.05, 3.63) is 35.6 Å². The van der Waals surface area contributed by atoms with Gasteiger partial charge in [-0.3, -0.25) is 9.69 Å². The highest BCUT2D eigenvalue weighted by Crippen LogP contribution is 2.11. The van der Waals surface area contributed by atoms with Crippen LogP contribution in [-0.2, 0) is 16.1 Å². The molecule has 1 fully saturated rings. The second-order valence-corrected chi connectivity index (χ2v) is 6.50. The molecule has 1 aromatic rings. The van der Waals surface area contributed by atoms with Crippen LogP contribution in [0.4, 0.5) is 4.39 Å². The molecule has 1 aliphatic heterocycles. The molecule has 5 heteroatoms. The van der Waals surface area contributed by atoms with E-state index in [4.69, 9.17) is 4.74 Å². The molecule has 0 bridgehead atoms. The van der Waals surface area contributed by atoms with Crippen molar-refractivity contribution in [1.29, 1.82) is 0 Å². The van der Waals surface area contributed by atoms with Crippen LogP contribution in [0.25, 0.3) is 0 Å². The summed E-state index contributed by atoms with van der Waals surface area (Å²) in [6, 6.07) is 6.49. The van der Waals surface area contributed by atoms with Gasteiger partial charge in [-0.05, 0) is 23.6 Å². The summed E-state index contributed by atoms with van der Waals surface area (Å²) in [6.07, 6.45) is 0.526. The average molecular weight is 322 g/mol. The summed E-state index contributed by atoms with van der Waals surface area (Å²) in [5.41, 5.74) is 0.837. The highest BCUT2D eigenvalue weighted by atomic mass is 19.1. The van der Waals surface area contributed by atoms with Gasteiger partial charge in [0.25, 0.3) is 0 Å². The van der Waals surface area contributed by atoms with Gasteiger partial charge in [0, 0.05) is 39.1 Å². The topological polar surface area (TPSA) is 32.8 Å². The van der Waals surface area contributed by atoms with Crippen LogP contribution in [0.2, 0.25) is 0 Å². The minimum absolute atomic E-state index is 0.137. The van der Waals surface area contributed by atoms with Gasteiger partial charge >= 0.3 is 0 Å². The van der Waals surface area contributed by atoms with E-state index < -0.39 is 0 Å². The highest BCUT2D eigenvalue weighted by Gasteiger charge is 2.18. The summed E-state index contributed by atoms with van der Waals surface area (Å²) in [4.78, 5) is 16.7. The molecule has 0 aromatic heterocycles. The van der Waals surface area contributed by atoms with Gasteiger partial charge in [-0.25, -0.2) is 4.39 Å². The minimum Gasteiger partial charge on any atom is -0.379 e. The summed E-state index contributed by atoms with van der Waals surface area (Å²) in [5, 5.41) is 0. The third-order valence-electron chi connectivity index (χ3n) is 3.99. The largest absolute Gasteiger partial charge is 0.379 e. The number of nitrogens with zero attached hydrogens (tertiary/aromatic N) is 2. The lowest BCUT2D eigenvalue weighted by Gasteiger charge is -2.30. The number of hydrogen-bond donors (Lipinski definition) is 0. The number of carbonyl (C=O) groups excluding carboxylic acids is 1. The van der Waals surface area contributed by atoms with Crippen LogP contribution in [0.1, 0.15) is 25.8 Å². The summed E-state index contributed by atoms with van der Waals surface area (Å²) in [5.74, 6) is 0.199. The van der Waals surface area contributed by atoms with Gasteiger partial charge in [0.05, 0.1) is 13.2 Å². The number of benzene rings is 1. The molecule has 0 spiro atoms. The standard InChI is InChI=1S/C18H27FN2O2/c1-15(2)12-18(22)21(7-6-20-8-10-23-11-9-20)14-16-4-3-5-17(19)13-16/h3-5,13,15H,6-12,14H2,1-2H3. The van der Waals surface area contributed by atoms with E-state index in [1.165, 1.54) is 12.1 Å². The lowest BCUT2D eigenvalue weighted by Crippen LogP contribution is -2.43. The van der Waals surface area contributed by atoms with Crippen molar-refractivity contribution < 1.29 is 13.9 Å². The number of morpholine rings is 1. The lowest BCUT2D eigenvalue weighted by molar-refractivity contribution is -0.133. The van der Waals surface area contributed by atoms with E-state index in [1.807, 2.05) is 24.8 Å². The number of halogens is 1. The fraction of sp³-hybridized carbons (Fsp3) is 0.611. The van der Waals surface area contributed by atoms with Crippen molar-refractivity contribution in [3.63, 3.8) is 0 Å². The molecule has 23 heavy (non-hydrogen) atoms. The summed E-state index contributed by atoms with van der Waals surface area (Å²) in [7, 11) is 0. The molecule has 0 atom stereocenters. The van der Waals surface area contributed by atoms with Crippen molar-refractivity contribution >= 4 is 5.91 Å². The van der Waals surface area contributed by atoms with E-state index in [1.54, 1.807) is 6.07 Å². The van der Waals surface area contributed by atoms with Gasteiger partial charge in [0.2, 0.25) is 5.91 Å². The molecule has 1 aliphatic rings. The molecule has 1 heterocycles. The van der Waals surface area contributed by atoms with Gasteiger partial charge in [0.1, 0.15) is 5.82 Å². The van der Waals surface area contributed by atoms with Gasteiger partial charge in [-0.1, -0.05) is 26.0 Å².